The number of aromatic nitrogens is 1. The number of thioether (sulfide) groups is 1. The van der Waals surface area contributed by atoms with Crippen molar-refractivity contribution in [1.82, 2.24) is 26.3 Å². The predicted octanol–water partition coefficient (Wildman–Crippen LogP) is 3.31. The largest absolute Gasteiger partial charge is 0.456 e. The zero-order chi connectivity index (χ0) is 27.8. The van der Waals surface area contributed by atoms with Crippen LogP contribution >= 0.6 is 11.8 Å². The summed E-state index contributed by atoms with van der Waals surface area (Å²) in [6.07, 6.45) is 6.19. The van der Waals surface area contributed by atoms with E-state index in [1.54, 1.807) is 11.1 Å². The van der Waals surface area contributed by atoms with Crippen molar-refractivity contribution in [2.24, 2.45) is 5.92 Å². The molecule has 4 amide bonds. The summed E-state index contributed by atoms with van der Waals surface area (Å²) in [4.78, 5) is 45.4. The van der Waals surface area contributed by atoms with Crippen molar-refractivity contribution in [2.45, 2.75) is 56.1 Å². The van der Waals surface area contributed by atoms with Crippen LogP contribution in [-0.2, 0) is 9.59 Å². The van der Waals surface area contributed by atoms with Crippen LogP contribution in [0.5, 0.6) is 11.5 Å². The van der Waals surface area contributed by atoms with Gasteiger partial charge in [-0.15, -0.1) is 0 Å². The van der Waals surface area contributed by atoms with Crippen molar-refractivity contribution in [1.29, 1.82) is 0 Å². The maximum atomic E-state index is 13.5. The Kier molecular flexibility index (Phi) is 7.24. The van der Waals surface area contributed by atoms with Gasteiger partial charge in [0.1, 0.15) is 11.5 Å². The van der Waals surface area contributed by atoms with Crippen molar-refractivity contribution in [3.63, 3.8) is 0 Å². The highest BCUT2D eigenvalue weighted by molar-refractivity contribution is 8.04. The molecule has 1 aromatic heterocycles. The Morgan fingerprint density at radius 3 is 2.58 bits per heavy atom. The third kappa shape index (κ3) is 5.06. The molecule has 0 radical (unpaired) electrons. The zero-order valence-electron chi connectivity index (χ0n) is 22.2. The van der Waals surface area contributed by atoms with E-state index in [9.17, 15) is 14.4 Å². The van der Waals surface area contributed by atoms with Gasteiger partial charge >= 0.3 is 6.03 Å². The van der Waals surface area contributed by atoms with Crippen LogP contribution < -0.4 is 30.9 Å². The lowest BCUT2D eigenvalue weighted by Gasteiger charge is -2.45. The number of benzene rings is 1. The number of anilines is 1. The molecule has 4 heterocycles. The summed E-state index contributed by atoms with van der Waals surface area (Å²) in [5.74, 6) is 0.798. The van der Waals surface area contributed by atoms with Gasteiger partial charge in [0, 0.05) is 35.1 Å². The molecule has 1 aromatic carbocycles. The molecule has 4 aliphatic rings. The quantitative estimate of drug-likeness (QED) is 0.383. The third-order valence-electron chi connectivity index (χ3n) is 7.93. The smallest absolute Gasteiger partial charge is 0.326 e. The minimum atomic E-state index is -0.252. The Labute approximate surface area is 237 Å². The molecule has 3 fully saturated rings. The van der Waals surface area contributed by atoms with E-state index in [-0.39, 0.29) is 47.3 Å². The molecule has 4 N–H and O–H groups in total. The van der Waals surface area contributed by atoms with Gasteiger partial charge in [0.25, 0.3) is 5.91 Å². The molecule has 40 heavy (non-hydrogen) atoms. The van der Waals surface area contributed by atoms with Crippen molar-refractivity contribution in [2.75, 3.05) is 11.4 Å². The number of carbonyl (C=O) groups is 3. The molecule has 208 valence electrons. The first-order valence-electron chi connectivity index (χ1n) is 13.6. The highest BCUT2D eigenvalue weighted by Crippen LogP contribution is 2.48. The van der Waals surface area contributed by atoms with Crippen LogP contribution in [0.1, 0.15) is 31.4 Å². The van der Waals surface area contributed by atoms with Crippen LogP contribution in [0.4, 0.5) is 10.5 Å². The molecular formula is C29H32N6O4S. The van der Waals surface area contributed by atoms with Crippen LogP contribution in [0.2, 0.25) is 0 Å². The monoisotopic (exact) mass is 560 g/mol. The molecule has 10 nitrogen and oxygen atoms in total. The fraction of sp³-hybridized carbons (Fsp3) is 0.379. The number of pyridine rings is 1. The fourth-order valence-electron chi connectivity index (χ4n) is 6.03. The first-order valence-corrected chi connectivity index (χ1v) is 14.5. The van der Waals surface area contributed by atoms with Gasteiger partial charge in [-0.05, 0) is 81.6 Å². The summed E-state index contributed by atoms with van der Waals surface area (Å²) in [6, 6.07) is 10.6. The second kappa shape index (κ2) is 11.0. The first kappa shape index (κ1) is 26.4. The van der Waals surface area contributed by atoms with E-state index in [2.05, 4.69) is 32.8 Å². The SMILES string of the molecule is C=CC(=O)N[C@H]1CCC[C@H]1NC(=O)C1=C2NC(=O)N(c3ccc(Oc4ccc(C)nc4)cc3)C3CCNC(S1)C23. The number of ether oxygens (including phenoxy) is 1. The lowest BCUT2D eigenvalue weighted by atomic mass is 9.86. The molecular weight excluding hydrogens is 528 g/mol. The minimum absolute atomic E-state index is 0.0194. The Morgan fingerprint density at radius 2 is 1.85 bits per heavy atom. The number of hydrogen-bond donors (Lipinski definition) is 4. The maximum Gasteiger partial charge on any atom is 0.326 e. The average molecular weight is 561 g/mol. The lowest BCUT2D eigenvalue weighted by Crippen LogP contribution is -2.62. The lowest BCUT2D eigenvalue weighted by molar-refractivity contribution is -0.119. The van der Waals surface area contributed by atoms with Gasteiger partial charge in [-0.25, -0.2) is 4.79 Å². The molecule has 2 saturated heterocycles. The normalized spacial score (nSPS) is 27.1. The third-order valence-corrected chi connectivity index (χ3v) is 9.28. The van der Waals surface area contributed by atoms with Gasteiger partial charge in [0.2, 0.25) is 5.91 Å². The Morgan fingerprint density at radius 1 is 1.10 bits per heavy atom. The van der Waals surface area contributed by atoms with E-state index >= 15 is 0 Å². The van der Waals surface area contributed by atoms with Gasteiger partial charge in [-0.3, -0.25) is 19.5 Å². The van der Waals surface area contributed by atoms with Crippen LogP contribution in [0.15, 0.2) is 65.9 Å². The van der Waals surface area contributed by atoms with Gasteiger partial charge in [0.15, 0.2) is 0 Å². The van der Waals surface area contributed by atoms with Crippen molar-refractivity contribution in [3.8, 4) is 11.5 Å². The fourth-order valence-corrected chi connectivity index (χ4v) is 7.43. The number of amides is 4. The number of rotatable bonds is 7. The Balaban J connectivity index is 1.19. The predicted molar refractivity (Wildman–Crippen MR) is 153 cm³/mol. The van der Waals surface area contributed by atoms with Gasteiger partial charge in [0.05, 0.1) is 22.5 Å². The Hall–Kier alpha value is -3.83. The topological polar surface area (TPSA) is 125 Å². The highest BCUT2D eigenvalue weighted by Gasteiger charge is 2.52. The maximum absolute atomic E-state index is 13.5. The van der Waals surface area contributed by atoms with Crippen LogP contribution in [0.25, 0.3) is 0 Å². The molecule has 0 spiro atoms. The number of aryl methyl sites for hydroxylation is 1. The van der Waals surface area contributed by atoms with Crippen LogP contribution in [-0.4, -0.2) is 52.9 Å². The second-order valence-corrected chi connectivity index (χ2v) is 11.6. The molecule has 3 unspecified atom stereocenters. The number of nitrogens with zero attached hydrogens (tertiary/aromatic N) is 2. The summed E-state index contributed by atoms with van der Waals surface area (Å²) in [6.45, 7) is 6.18. The summed E-state index contributed by atoms with van der Waals surface area (Å²) in [5, 5.41) is 12.6. The molecule has 3 aliphatic heterocycles. The second-order valence-electron chi connectivity index (χ2n) is 10.5. The molecule has 6 rings (SSSR count). The van der Waals surface area contributed by atoms with E-state index in [0.717, 1.165) is 43.6 Å². The van der Waals surface area contributed by atoms with Crippen molar-refractivity contribution < 1.29 is 19.1 Å². The summed E-state index contributed by atoms with van der Waals surface area (Å²) in [5.41, 5.74) is 2.37. The van der Waals surface area contributed by atoms with Gasteiger partial charge < -0.3 is 26.0 Å². The van der Waals surface area contributed by atoms with E-state index in [0.29, 0.717) is 22.1 Å². The van der Waals surface area contributed by atoms with Crippen molar-refractivity contribution in [3.05, 3.63) is 71.5 Å². The van der Waals surface area contributed by atoms with E-state index in [1.807, 2.05) is 43.3 Å². The molecule has 11 heteroatoms. The average Bonchev–Trinajstić information content (AvgIpc) is 3.55. The summed E-state index contributed by atoms with van der Waals surface area (Å²) >= 11 is 1.47. The van der Waals surface area contributed by atoms with Crippen LogP contribution in [0, 0.1) is 12.8 Å². The minimum Gasteiger partial charge on any atom is -0.456 e. The van der Waals surface area contributed by atoms with Gasteiger partial charge in [-0.1, -0.05) is 18.3 Å². The summed E-state index contributed by atoms with van der Waals surface area (Å²) in [7, 11) is 0. The van der Waals surface area contributed by atoms with E-state index in [4.69, 9.17) is 4.74 Å². The molecule has 0 bridgehead atoms. The molecule has 1 aliphatic carbocycles. The van der Waals surface area contributed by atoms with Gasteiger partial charge in [-0.2, -0.15) is 0 Å². The zero-order valence-corrected chi connectivity index (χ0v) is 23.0. The first-order chi connectivity index (χ1) is 19.4. The Bertz CT molecular complexity index is 1360. The van der Waals surface area contributed by atoms with Crippen LogP contribution in [0.3, 0.4) is 0 Å². The summed E-state index contributed by atoms with van der Waals surface area (Å²) < 4.78 is 5.91. The molecule has 2 aromatic rings. The highest BCUT2D eigenvalue weighted by atomic mass is 32.2. The number of piperidine rings is 1. The molecule has 5 atom stereocenters. The number of hydrogen-bond acceptors (Lipinski definition) is 7. The van der Waals surface area contributed by atoms with Crippen molar-refractivity contribution >= 4 is 35.3 Å². The van der Waals surface area contributed by atoms with E-state index in [1.165, 1.54) is 17.8 Å². The number of urea groups is 1. The van der Waals surface area contributed by atoms with E-state index < -0.39 is 0 Å². The number of nitrogens with one attached hydrogen (secondary N) is 4. The standard InChI is InChI=1S/C29H32N6O4S/c1-3-23(36)32-20-5-4-6-21(20)33-27(37)26-25-24-22(13-14-30-28(24)40-26)35(29(38)34-25)17-8-11-18(12-9-17)39-19-10-7-16(2)31-15-19/h3,7-12,15,20-22,24,28,30H,1,4-6,13-14H2,2H3,(H,32,36)(H,33,37)(H,34,38)/t20-,21+,22?,24?,28?/m0/s1. The molecule has 1 saturated carbocycles. The number of carbonyl (C=O) groups excluding carboxylic acids is 3.